The van der Waals surface area contributed by atoms with Crippen LogP contribution in [0.5, 0.6) is 0 Å². The minimum Gasteiger partial charge on any atom is -0.316 e. The molecule has 1 aliphatic heterocycles. The predicted molar refractivity (Wildman–Crippen MR) is 80.8 cm³/mol. The van der Waals surface area contributed by atoms with Crippen LogP contribution in [0.15, 0.2) is 42.5 Å². The van der Waals surface area contributed by atoms with Gasteiger partial charge >= 0.3 is 0 Å². The summed E-state index contributed by atoms with van der Waals surface area (Å²) in [5.74, 6) is -1.15. The number of piperidine rings is 1. The molecule has 21 heavy (non-hydrogen) atoms. The van der Waals surface area contributed by atoms with Crippen LogP contribution in [0.2, 0.25) is 5.02 Å². The second kappa shape index (κ2) is 6.12. The SMILES string of the molecule is Fc1ccc(C2CCNCC2c2ccc(Cl)cc2)cc1F. The van der Waals surface area contributed by atoms with E-state index in [1.165, 1.54) is 17.7 Å². The van der Waals surface area contributed by atoms with Crippen LogP contribution >= 0.6 is 11.6 Å². The Labute approximate surface area is 127 Å². The van der Waals surface area contributed by atoms with Gasteiger partial charge in [-0.2, -0.15) is 0 Å². The number of hydrogen-bond acceptors (Lipinski definition) is 1. The largest absolute Gasteiger partial charge is 0.316 e. The lowest BCUT2D eigenvalue weighted by Gasteiger charge is -2.33. The van der Waals surface area contributed by atoms with Crippen LogP contribution in [0, 0.1) is 11.6 Å². The Balaban J connectivity index is 1.94. The van der Waals surface area contributed by atoms with Crippen molar-refractivity contribution < 1.29 is 8.78 Å². The zero-order chi connectivity index (χ0) is 14.8. The molecule has 1 nitrogen and oxygen atoms in total. The third-order valence-corrected chi connectivity index (χ3v) is 4.40. The van der Waals surface area contributed by atoms with Crippen molar-refractivity contribution in [1.82, 2.24) is 5.32 Å². The molecule has 2 aromatic carbocycles. The zero-order valence-electron chi connectivity index (χ0n) is 11.5. The van der Waals surface area contributed by atoms with E-state index in [1.807, 2.05) is 24.3 Å². The summed E-state index contributed by atoms with van der Waals surface area (Å²) < 4.78 is 26.6. The van der Waals surface area contributed by atoms with E-state index in [0.717, 1.165) is 25.1 Å². The Morgan fingerprint density at radius 3 is 2.33 bits per heavy atom. The molecular weight excluding hydrogens is 292 g/mol. The van der Waals surface area contributed by atoms with Gasteiger partial charge in [-0.15, -0.1) is 0 Å². The molecule has 1 saturated heterocycles. The van der Waals surface area contributed by atoms with Crippen molar-refractivity contribution in [2.45, 2.75) is 18.3 Å². The maximum absolute atomic E-state index is 13.5. The molecule has 3 rings (SSSR count). The van der Waals surface area contributed by atoms with E-state index in [2.05, 4.69) is 5.32 Å². The van der Waals surface area contributed by atoms with Crippen molar-refractivity contribution in [3.05, 3.63) is 70.2 Å². The Kier molecular flexibility index (Phi) is 4.22. The summed E-state index contributed by atoms with van der Waals surface area (Å²) in [7, 11) is 0. The fraction of sp³-hybridized carbons (Fsp3) is 0.294. The summed E-state index contributed by atoms with van der Waals surface area (Å²) in [6.45, 7) is 1.71. The van der Waals surface area contributed by atoms with Gasteiger partial charge < -0.3 is 5.32 Å². The van der Waals surface area contributed by atoms with E-state index in [0.29, 0.717) is 5.02 Å². The molecule has 0 aliphatic carbocycles. The summed E-state index contributed by atoms with van der Waals surface area (Å²) >= 11 is 5.94. The van der Waals surface area contributed by atoms with Gasteiger partial charge in [0.15, 0.2) is 11.6 Å². The Bertz CT molecular complexity index is 627. The molecule has 110 valence electrons. The van der Waals surface area contributed by atoms with Crippen molar-refractivity contribution in [1.29, 1.82) is 0 Å². The summed E-state index contributed by atoms with van der Waals surface area (Å²) in [5.41, 5.74) is 2.02. The molecule has 1 aliphatic rings. The maximum Gasteiger partial charge on any atom is 0.159 e. The zero-order valence-corrected chi connectivity index (χ0v) is 12.2. The summed E-state index contributed by atoms with van der Waals surface area (Å²) in [6, 6.07) is 12.0. The van der Waals surface area contributed by atoms with Crippen molar-refractivity contribution in [3.63, 3.8) is 0 Å². The number of rotatable bonds is 2. The molecule has 4 heteroatoms. The quantitative estimate of drug-likeness (QED) is 0.862. The number of halogens is 3. The first-order valence-corrected chi connectivity index (χ1v) is 7.44. The number of nitrogens with one attached hydrogen (secondary N) is 1. The van der Waals surface area contributed by atoms with E-state index in [1.54, 1.807) is 6.07 Å². The average molecular weight is 308 g/mol. The second-order valence-electron chi connectivity index (χ2n) is 5.43. The first-order chi connectivity index (χ1) is 10.1. The third kappa shape index (κ3) is 3.09. The Morgan fingerprint density at radius 1 is 0.905 bits per heavy atom. The van der Waals surface area contributed by atoms with Gasteiger partial charge in [0, 0.05) is 17.5 Å². The molecule has 1 N–H and O–H groups in total. The van der Waals surface area contributed by atoms with E-state index < -0.39 is 11.6 Å². The molecule has 2 aromatic rings. The molecule has 1 heterocycles. The van der Waals surface area contributed by atoms with Gasteiger partial charge in [0.25, 0.3) is 0 Å². The fourth-order valence-corrected chi connectivity index (χ4v) is 3.19. The molecule has 1 fully saturated rings. The van der Waals surface area contributed by atoms with Crippen LogP contribution in [0.1, 0.15) is 29.4 Å². The van der Waals surface area contributed by atoms with Gasteiger partial charge in [-0.1, -0.05) is 29.8 Å². The molecule has 0 bridgehead atoms. The first-order valence-electron chi connectivity index (χ1n) is 7.06. The van der Waals surface area contributed by atoms with Crippen molar-refractivity contribution in [2.75, 3.05) is 13.1 Å². The van der Waals surface area contributed by atoms with Crippen molar-refractivity contribution >= 4 is 11.6 Å². The van der Waals surface area contributed by atoms with Gasteiger partial charge in [-0.3, -0.25) is 0 Å². The van der Waals surface area contributed by atoms with Gasteiger partial charge in [0.05, 0.1) is 0 Å². The Hall–Kier alpha value is -1.45. The standard InChI is InChI=1S/C17H16ClF2N/c18-13-4-1-11(2-5-13)15-10-21-8-7-14(15)12-3-6-16(19)17(20)9-12/h1-6,9,14-15,21H,7-8,10H2. The smallest absolute Gasteiger partial charge is 0.159 e. The van der Waals surface area contributed by atoms with Gasteiger partial charge in [-0.25, -0.2) is 8.78 Å². The summed E-state index contributed by atoms with van der Waals surface area (Å²) in [5, 5.41) is 4.07. The van der Waals surface area contributed by atoms with Crippen LogP contribution in [0.25, 0.3) is 0 Å². The number of benzene rings is 2. The topological polar surface area (TPSA) is 12.0 Å². The first kappa shape index (κ1) is 14.5. The molecule has 0 saturated carbocycles. The maximum atomic E-state index is 13.5. The van der Waals surface area contributed by atoms with Crippen molar-refractivity contribution in [2.24, 2.45) is 0 Å². The highest BCUT2D eigenvalue weighted by Gasteiger charge is 2.28. The predicted octanol–water partition coefficient (Wildman–Crippen LogP) is 4.48. The Morgan fingerprint density at radius 2 is 1.62 bits per heavy atom. The molecule has 0 amide bonds. The summed E-state index contributed by atoms with van der Waals surface area (Å²) in [6.07, 6.45) is 0.901. The monoisotopic (exact) mass is 307 g/mol. The lowest BCUT2D eigenvalue weighted by molar-refractivity contribution is 0.401. The van der Waals surface area contributed by atoms with Gasteiger partial charge in [0.1, 0.15) is 0 Å². The van der Waals surface area contributed by atoms with Crippen LogP contribution in [-0.2, 0) is 0 Å². The number of hydrogen-bond donors (Lipinski definition) is 1. The fourth-order valence-electron chi connectivity index (χ4n) is 3.06. The molecular formula is C17H16ClF2N. The van der Waals surface area contributed by atoms with Crippen LogP contribution in [0.4, 0.5) is 8.78 Å². The average Bonchev–Trinajstić information content (AvgIpc) is 2.51. The highest BCUT2D eigenvalue weighted by Crippen LogP contribution is 2.38. The van der Waals surface area contributed by atoms with E-state index in [9.17, 15) is 8.78 Å². The van der Waals surface area contributed by atoms with E-state index in [4.69, 9.17) is 11.6 Å². The van der Waals surface area contributed by atoms with Crippen LogP contribution in [-0.4, -0.2) is 13.1 Å². The highest BCUT2D eigenvalue weighted by molar-refractivity contribution is 6.30. The minimum atomic E-state index is -0.796. The van der Waals surface area contributed by atoms with Gasteiger partial charge in [0.2, 0.25) is 0 Å². The molecule has 0 spiro atoms. The lowest BCUT2D eigenvalue weighted by Crippen LogP contribution is -2.34. The normalized spacial score (nSPS) is 22.2. The highest BCUT2D eigenvalue weighted by atomic mass is 35.5. The lowest BCUT2D eigenvalue weighted by atomic mass is 9.77. The third-order valence-electron chi connectivity index (χ3n) is 4.15. The molecule has 2 atom stereocenters. The second-order valence-corrected chi connectivity index (χ2v) is 5.87. The van der Waals surface area contributed by atoms with Crippen LogP contribution in [0.3, 0.4) is 0 Å². The van der Waals surface area contributed by atoms with E-state index in [-0.39, 0.29) is 11.8 Å². The molecule has 0 aromatic heterocycles. The van der Waals surface area contributed by atoms with Gasteiger partial charge in [-0.05, 0) is 54.3 Å². The minimum absolute atomic E-state index is 0.183. The van der Waals surface area contributed by atoms with Crippen molar-refractivity contribution in [3.8, 4) is 0 Å². The van der Waals surface area contributed by atoms with E-state index >= 15 is 0 Å². The van der Waals surface area contributed by atoms with Crippen LogP contribution < -0.4 is 5.32 Å². The summed E-state index contributed by atoms with van der Waals surface area (Å²) in [4.78, 5) is 0. The molecule has 0 radical (unpaired) electrons. The molecule has 2 unspecified atom stereocenters.